The molecule has 0 aliphatic carbocycles. The molecule has 0 saturated heterocycles. The third kappa shape index (κ3) is 81.9. The lowest BCUT2D eigenvalue weighted by Crippen LogP contribution is -2.30. The fourth-order valence-corrected chi connectivity index (χ4v) is 15.4. The molecule has 0 rings (SSSR count). The Morgan fingerprint density at radius 3 is 0.636 bits per heavy atom. The number of carbonyl (C=O) groups excluding carboxylic acids is 4. The molecular formula is C88H172O17P2. The van der Waals surface area contributed by atoms with Crippen LogP contribution in [0.15, 0.2) is 0 Å². The number of unbranched alkanes of at least 4 members (excludes halogenated alkanes) is 60. The van der Waals surface area contributed by atoms with E-state index in [9.17, 15) is 43.2 Å². The highest BCUT2D eigenvalue weighted by Gasteiger charge is 2.30. The molecular weight excluding hydrogens is 1390 g/mol. The lowest BCUT2D eigenvalue weighted by Gasteiger charge is -2.21. The summed E-state index contributed by atoms with van der Waals surface area (Å²) in [5.74, 6) is -1.42. The Labute approximate surface area is 658 Å². The van der Waals surface area contributed by atoms with Crippen molar-refractivity contribution in [1.82, 2.24) is 0 Å². The first-order chi connectivity index (χ1) is 52.0. The SMILES string of the molecule is CCCCCCCCCCCCCCCCCCCCCCCCC(=O)OC[C@H](COP(=O)(O)OC[C@@H](O)COP(=O)(O)OC[C@@H](COC(=O)CCCCCCCCC(C)C)OC(=O)CCCCCCCCCCCCCCCC)OC(=O)CCCCCCCCCCCCCCCCCCCCCCCC. The zero-order valence-corrected chi connectivity index (χ0v) is 72.1. The van der Waals surface area contributed by atoms with E-state index in [0.717, 1.165) is 96.3 Å². The van der Waals surface area contributed by atoms with Crippen LogP contribution < -0.4 is 0 Å². The van der Waals surface area contributed by atoms with Crippen molar-refractivity contribution in [3.05, 3.63) is 0 Å². The van der Waals surface area contributed by atoms with Crippen molar-refractivity contribution in [2.24, 2.45) is 5.92 Å². The average Bonchev–Trinajstić information content (AvgIpc) is 0.902. The van der Waals surface area contributed by atoms with E-state index < -0.39 is 97.5 Å². The smallest absolute Gasteiger partial charge is 0.462 e. The number of hydrogen-bond acceptors (Lipinski definition) is 15. The summed E-state index contributed by atoms with van der Waals surface area (Å²) in [5.41, 5.74) is 0. The van der Waals surface area contributed by atoms with Crippen molar-refractivity contribution >= 4 is 39.5 Å². The molecule has 0 fully saturated rings. The monoisotopic (exact) mass is 1560 g/mol. The van der Waals surface area contributed by atoms with Crippen LogP contribution >= 0.6 is 15.6 Å². The Balaban J connectivity index is 5.18. The van der Waals surface area contributed by atoms with Gasteiger partial charge >= 0.3 is 39.5 Å². The molecule has 107 heavy (non-hydrogen) atoms. The molecule has 636 valence electrons. The fraction of sp³-hybridized carbons (Fsp3) is 0.955. The zero-order chi connectivity index (χ0) is 78.3. The molecule has 3 N–H and O–H groups in total. The predicted molar refractivity (Wildman–Crippen MR) is 442 cm³/mol. The molecule has 19 heteroatoms. The largest absolute Gasteiger partial charge is 0.472 e. The van der Waals surface area contributed by atoms with Gasteiger partial charge in [0, 0.05) is 25.7 Å². The van der Waals surface area contributed by atoms with Crippen LogP contribution in [0.3, 0.4) is 0 Å². The maximum atomic E-state index is 13.2. The maximum absolute atomic E-state index is 13.2. The van der Waals surface area contributed by atoms with Crippen LogP contribution in [-0.4, -0.2) is 96.7 Å². The number of carbonyl (C=O) groups is 4. The van der Waals surface area contributed by atoms with Crippen molar-refractivity contribution in [3.63, 3.8) is 0 Å². The topological polar surface area (TPSA) is 237 Å². The molecule has 0 aliphatic rings. The Hall–Kier alpha value is -1.94. The normalized spacial score (nSPS) is 13.7. The molecule has 0 aromatic heterocycles. The van der Waals surface area contributed by atoms with Gasteiger partial charge < -0.3 is 33.8 Å². The van der Waals surface area contributed by atoms with Crippen LogP contribution in [0.2, 0.25) is 0 Å². The number of phosphoric ester groups is 2. The molecule has 17 nitrogen and oxygen atoms in total. The van der Waals surface area contributed by atoms with Gasteiger partial charge in [0.05, 0.1) is 26.4 Å². The van der Waals surface area contributed by atoms with E-state index in [2.05, 4.69) is 34.6 Å². The standard InChI is InChI=1S/C88H172O17P2/c1-6-9-12-15-18-21-24-27-30-32-34-36-38-40-42-44-47-49-52-55-61-66-71-85(90)98-77-83(104-87(92)74-69-64-57-54-51-48-45-43-41-39-37-35-33-31-28-25-22-19-16-13-10-7-2)79-102-106(94,95)100-75-82(89)76-101-107(96,97)103-80-84(78-99-86(91)72-67-62-59-58-60-65-70-81(4)5)105-88(93)73-68-63-56-53-50-46-29-26-23-20-17-14-11-8-3/h81-84,89H,6-80H2,1-5H3,(H,94,95)(H,96,97)/t82-,83-,84-/m1/s1. The van der Waals surface area contributed by atoms with E-state index in [0.29, 0.717) is 31.6 Å². The first kappa shape index (κ1) is 105. The Morgan fingerprint density at radius 2 is 0.430 bits per heavy atom. The number of hydrogen-bond donors (Lipinski definition) is 3. The molecule has 0 bridgehead atoms. The van der Waals surface area contributed by atoms with E-state index in [4.69, 9.17) is 37.0 Å². The highest BCUT2D eigenvalue weighted by Crippen LogP contribution is 2.45. The fourth-order valence-electron chi connectivity index (χ4n) is 13.8. The predicted octanol–water partition coefficient (Wildman–Crippen LogP) is 27.2. The molecule has 0 aromatic carbocycles. The van der Waals surface area contributed by atoms with Crippen LogP contribution in [0.5, 0.6) is 0 Å². The summed E-state index contributed by atoms with van der Waals surface area (Å²) < 4.78 is 68.9. The lowest BCUT2D eigenvalue weighted by molar-refractivity contribution is -0.161. The quantitative estimate of drug-likeness (QED) is 0.0222. The minimum Gasteiger partial charge on any atom is -0.462 e. The molecule has 0 heterocycles. The first-order valence-corrected chi connectivity index (χ1v) is 48.6. The first-order valence-electron chi connectivity index (χ1n) is 45.6. The molecule has 5 atom stereocenters. The van der Waals surface area contributed by atoms with E-state index in [1.165, 1.54) is 295 Å². The second-order valence-electron chi connectivity index (χ2n) is 32.1. The molecule has 0 aliphatic heterocycles. The Kier molecular flexibility index (Phi) is 79.2. The van der Waals surface area contributed by atoms with Crippen molar-refractivity contribution in [1.29, 1.82) is 0 Å². The van der Waals surface area contributed by atoms with Gasteiger partial charge in [-0.05, 0) is 31.6 Å². The highest BCUT2D eigenvalue weighted by molar-refractivity contribution is 7.47. The van der Waals surface area contributed by atoms with Crippen LogP contribution in [0, 0.1) is 5.92 Å². The maximum Gasteiger partial charge on any atom is 0.472 e. The van der Waals surface area contributed by atoms with Crippen LogP contribution in [0.25, 0.3) is 0 Å². The number of aliphatic hydroxyl groups excluding tert-OH is 1. The summed E-state index contributed by atoms with van der Waals surface area (Å²) in [5, 5.41) is 10.7. The van der Waals surface area contributed by atoms with E-state index in [-0.39, 0.29) is 25.7 Å². The Morgan fingerprint density at radius 1 is 0.252 bits per heavy atom. The van der Waals surface area contributed by atoms with Gasteiger partial charge in [-0.15, -0.1) is 0 Å². The second kappa shape index (κ2) is 80.7. The average molecular weight is 1560 g/mol. The van der Waals surface area contributed by atoms with Crippen molar-refractivity contribution in [2.45, 2.75) is 496 Å². The van der Waals surface area contributed by atoms with Crippen LogP contribution in [0.4, 0.5) is 0 Å². The third-order valence-corrected chi connectivity index (χ3v) is 22.7. The number of ether oxygens (including phenoxy) is 4. The van der Waals surface area contributed by atoms with Gasteiger partial charge in [-0.3, -0.25) is 37.3 Å². The molecule has 0 saturated carbocycles. The van der Waals surface area contributed by atoms with E-state index >= 15 is 0 Å². The summed E-state index contributed by atoms with van der Waals surface area (Å²) in [4.78, 5) is 73.2. The van der Waals surface area contributed by atoms with Gasteiger partial charge in [-0.1, -0.05) is 426 Å². The number of aliphatic hydroxyl groups is 1. The van der Waals surface area contributed by atoms with Crippen molar-refractivity contribution < 1.29 is 80.2 Å². The number of phosphoric acid groups is 2. The zero-order valence-electron chi connectivity index (χ0n) is 70.3. The Bertz CT molecular complexity index is 2030. The summed E-state index contributed by atoms with van der Waals surface area (Å²) in [6.45, 7) is 7.28. The number of esters is 4. The van der Waals surface area contributed by atoms with Gasteiger partial charge in [-0.25, -0.2) is 9.13 Å². The van der Waals surface area contributed by atoms with Gasteiger partial charge in [0.25, 0.3) is 0 Å². The molecule has 0 amide bonds. The minimum atomic E-state index is -4.97. The van der Waals surface area contributed by atoms with Crippen molar-refractivity contribution in [3.8, 4) is 0 Å². The molecule has 0 aromatic rings. The van der Waals surface area contributed by atoms with Crippen LogP contribution in [-0.2, 0) is 65.4 Å². The van der Waals surface area contributed by atoms with Gasteiger partial charge in [0.2, 0.25) is 0 Å². The van der Waals surface area contributed by atoms with E-state index in [1.54, 1.807) is 0 Å². The lowest BCUT2D eigenvalue weighted by atomic mass is 10.0. The third-order valence-electron chi connectivity index (χ3n) is 20.8. The van der Waals surface area contributed by atoms with Gasteiger partial charge in [-0.2, -0.15) is 0 Å². The summed E-state index contributed by atoms with van der Waals surface area (Å²) in [7, 11) is -9.93. The molecule has 0 radical (unpaired) electrons. The van der Waals surface area contributed by atoms with Crippen molar-refractivity contribution in [2.75, 3.05) is 39.6 Å². The highest BCUT2D eigenvalue weighted by atomic mass is 31.2. The molecule has 0 spiro atoms. The second-order valence-corrected chi connectivity index (χ2v) is 35.0. The number of rotatable bonds is 88. The summed E-state index contributed by atoms with van der Waals surface area (Å²) >= 11 is 0. The summed E-state index contributed by atoms with van der Waals surface area (Å²) in [6, 6.07) is 0. The van der Waals surface area contributed by atoms with Crippen LogP contribution in [0.1, 0.15) is 478 Å². The van der Waals surface area contributed by atoms with E-state index in [1.807, 2.05) is 0 Å². The minimum absolute atomic E-state index is 0.107. The van der Waals surface area contributed by atoms with Gasteiger partial charge in [0.1, 0.15) is 19.3 Å². The molecule has 2 unspecified atom stereocenters. The summed E-state index contributed by atoms with van der Waals surface area (Å²) in [6.07, 6.45) is 75.5. The van der Waals surface area contributed by atoms with Gasteiger partial charge in [0.15, 0.2) is 12.2 Å².